The Morgan fingerprint density at radius 3 is 2.94 bits per heavy atom. The van der Waals surface area contributed by atoms with Crippen LogP contribution >= 0.6 is 11.3 Å². The van der Waals surface area contributed by atoms with Crippen LogP contribution < -0.4 is 5.32 Å². The van der Waals surface area contributed by atoms with Gasteiger partial charge in [-0.2, -0.15) is 11.3 Å². The van der Waals surface area contributed by atoms with Crippen LogP contribution in [0.25, 0.3) is 0 Å². The third kappa shape index (κ3) is 2.38. The molecule has 1 unspecified atom stereocenters. The SMILES string of the molecule is CNC(C)(C)C(=O)N1CCCC1c1ccsc1. The van der Waals surface area contributed by atoms with E-state index >= 15 is 0 Å². The van der Waals surface area contributed by atoms with Gasteiger partial charge in [-0.1, -0.05) is 0 Å². The van der Waals surface area contributed by atoms with Crippen molar-refractivity contribution in [2.75, 3.05) is 13.6 Å². The fourth-order valence-electron chi connectivity index (χ4n) is 2.29. The quantitative estimate of drug-likeness (QED) is 0.896. The summed E-state index contributed by atoms with van der Waals surface area (Å²) in [5.74, 6) is 0.203. The molecule has 2 heterocycles. The minimum atomic E-state index is -0.474. The molecule has 0 aliphatic carbocycles. The number of carbonyl (C=O) groups is 1. The van der Waals surface area contributed by atoms with Crippen molar-refractivity contribution < 1.29 is 4.79 Å². The normalized spacial score (nSPS) is 20.9. The maximum Gasteiger partial charge on any atom is 0.242 e. The third-order valence-corrected chi connectivity index (χ3v) is 4.30. The number of nitrogens with zero attached hydrogens (tertiary/aromatic N) is 1. The van der Waals surface area contributed by atoms with Gasteiger partial charge in [0, 0.05) is 6.54 Å². The first-order valence-electron chi connectivity index (χ1n) is 6.08. The summed E-state index contributed by atoms with van der Waals surface area (Å²) in [4.78, 5) is 14.5. The molecule has 4 heteroatoms. The van der Waals surface area contributed by atoms with Gasteiger partial charge in [0.2, 0.25) is 5.91 Å². The van der Waals surface area contributed by atoms with E-state index in [0.29, 0.717) is 0 Å². The van der Waals surface area contributed by atoms with E-state index in [9.17, 15) is 4.79 Å². The molecule has 17 heavy (non-hydrogen) atoms. The van der Waals surface area contributed by atoms with Gasteiger partial charge in [-0.3, -0.25) is 4.79 Å². The molecule has 1 aromatic rings. The molecular weight excluding hydrogens is 232 g/mol. The Labute approximate surface area is 107 Å². The number of likely N-dealkylation sites (tertiary alicyclic amines) is 1. The maximum absolute atomic E-state index is 12.5. The number of likely N-dealkylation sites (N-methyl/N-ethyl adjacent to an activating group) is 1. The molecule has 0 saturated carbocycles. The monoisotopic (exact) mass is 252 g/mol. The zero-order chi connectivity index (χ0) is 12.5. The van der Waals surface area contributed by atoms with Gasteiger partial charge < -0.3 is 10.2 Å². The van der Waals surface area contributed by atoms with E-state index in [1.54, 1.807) is 11.3 Å². The van der Waals surface area contributed by atoms with Crippen molar-refractivity contribution in [3.8, 4) is 0 Å². The molecule has 1 aliphatic rings. The van der Waals surface area contributed by atoms with Crippen LogP contribution in [-0.4, -0.2) is 29.9 Å². The van der Waals surface area contributed by atoms with Crippen molar-refractivity contribution >= 4 is 17.2 Å². The van der Waals surface area contributed by atoms with Gasteiger partial charge in [-0.05, 0) is 56.1 Å². The highest BCUT2D eigenvalue weighted by atomic mass is 32.1. The topological polar surface area (TPSA) is 32.3 Å². The number of thiophene rings is 1. The zero-order valence-corrected chi connectivity index (χ0v) is 11.5. The Morgan fingerprint density at radius 1 is 1.59 bits per heavy atom. The van der Waals surface area contributed by atoms with Gasteiger partial charge in [0.25, 0.3) is 0 Å². The number of carbonyl (C=O) groups excluding carboxylic acids is 1. The highest BCUT2D eigenvalue weighted by Crippen LogP contribution is 2.34. The smallest absolute Gasteiger partial charge is 0.242 e. The van der Waals surface area contributed by atoms with Crippen LogP contribution in [0.1, 0.15) is 38.3 Å². The third-order valence-electron chi connectivity index (χ3n) is 3.60. The predicted molar refractivity (Wildman–Crippen MR) is 71.1 cm³/mol. The molecule has 1 aliphatic heterocycles. The van der Waals surface area contributed by atoms with Gasteiger partial charge in [0.1, 0.15) is 0 Å². The van der Waals surface area contributed by atoms with Gasteiger partial charge in [0.05, 0.1) is 11.6 Å². The van der Waals surface area contributed by atoms with Crippen molar-refractivity contribution in [1.82, 2.24) is 10.2 Å². The molecule has 0 bridgehead atoms. The molecule has 0 aromatic carbocycles. The molecule has 1 aromatic heterocycles. The summed E-state index contributed by atoms with van der Waals surface area (Å²) in [6.45, 7) is 4.77. The summed E-state index contributed by atoms with van der Waals surface area (Å²) in [6, 6.07) is 2.41. The van der Waals surface area contributed by atoms with Crippen LogP contribution in [0.15, 0.2) is 16.8 Å². The Morgan fingerprint density at radius 2 is 2.35 bits per heavy atom. The van der Waals surface area contributed by atoms with Crippen LogP contribution in [0, 0.1) is 0 Å². The molecule has 0 radical (unpaired) electrons. The van der Waals surface area contributed by atoms with E-state index in [1.165, 1.54) is 5.56 Å². The molecule has 1 atom stereocenters. The lowest BCUT2D eigenvalue weighted by Gasteiger charge is -2.32. The molecule has 1 N–H and O–H groups in total. The standard InChI is InChI=1S/C13H20N2OS/c1-13(2,14-3)12(16)15-7-4-5-11(15)10-6-8-17-9-10/h6,8-9,11,14H,4-5,7H2,1-3H3. The fourth-order valence-corrected chi connectivity index (χ4v) is 2.99. The molecule has 1 saturated heterocycles. The molecular formula is C13H20N2OS. The zero-order valence-electron chi connectivity index (χ0n) is 10.7. The van der Waals surface area contributed by atoms with Crippen LogP contribution in [0.5, 0.6) is 0 Å². The van der Waals surface area contributed by atoms with E-state index < -0.39 is 5.54 Å². The van der Waals surface area contributed by atoms with Gasteiger partial charge in [-0.15, -0.1) is 0 Å². The average Bonchev–Trinajstić information content (AvgIpc) is 2.97. The van der Waals surface area contributed by atoms with Crippen molar-refractivity contribution in [3.05, 3.63) is 22.4 Å². The number of rotatable bonds is 3. The minimum Gasteiger partial charge on any atom is -0.334 e. The second kappa shape index (κ2) is 4.78. The van der Waals surface area contributed by atoms with E-state index in [2.05, 4.69) is 22.1 Å². The molecule has 94 valence electrons. The highest BCUT2D eigenvalue weighted by molar-refractivity contribution is 7.07. The number of amides is 1. The lowest BCUT2D eigenvalue weighted by molar-refractivity contribution is -0.137. The van der Waals surface area contributed by atoms with Crippen LogP contribution in [0.3, 0.4) is 0 Å². The predicted octanol–water partition coefficient (Wildman–Crippen LogP) is 2.41. The van der Waals surface area contributed by atoms with E-state index in [-0.39, 0.29) is 11.9 Å². The van der Waals surface area contributed by atoms with Crippen LogP contribution in [-0.2, 0) is 4.79 Å². The Balaban J connectivity index is 2.18. The van der Waals surface area contributed by atoms with Crippen molar-refractivity contribution in [3.63, 3.8) is 0 Å². The summed E-state index contributed by atoms with van der Waals surface area (Å²) in [5, 5.41) is 7.33. The first-order valence-corrected chi connectivity index (χ1v) is 7.02. The second-order valence-electron chi connectivity index (χ2n) is 5.09. The van der Waals surface area contributed by atoms with E-state index in [0.717, 1.165) is 19.4 Å². The van der Waals surface area contributed by atoms with Crippen LogP contribution in [0.4, 0.5) is 0 Å². The molecule has 1 amide bonds. The van der Waals surface area contributed by atoms with E-state index in [1.807, 2.05) is 25.8 Å². The largest absolute Gasteiger partial charge is 0.334 e. The number of hydrogen-bond acceptors (Lipinski definition) is 3. The summed E-state index contributed by atoms with van der Waals surface area (Å²) in [6.07, 6.45) is 2.19. The average molecular weight is 252 g/mol. The summed E-state index contributed by atoms with van der Waals surface area (Å²) in [5.41, 5.74) is 0.811. The Bertz CT molecular complexity index is 386. The summed E-state index contributed by atoms with van der Waals surface area (Å²) in [7, 11) is 1.84. The summed E-state index contributed by atoms with van der Waals surface area (Å²) < 4.78 is 0. The first kappa shape index (κ1) is 12.6. The maximum atomic E-state index is 12.5. The first-order chi connectivity index (χ1) is 8.06. The molecule has 3 nitrogen and oxygen atoms in total. The van der Waals surface area contributed by atoms with Gasteiger partial charge in [0.15, 0.2) is 0 Å². The van der Waals surface area contributed by atoms with Crippen molar-refractivity contribution in [2.45, 2.75) is 38.3 Å². The van der Waals surface area contributed by atoms with Crippen molar-refractivity contribution in [2.24, 2.45) is 0 Å². The van der Waals surface area contributed by atoms with Gasteiger partial charge in [-0.25, -0.2) is 0 Å². The number of nitrogens with one attached hydrogen (secondary N) is 1. The number of hydrogen-bond donors (Lipinski definition) is 1. The lowest BCUT2D eigenvalue weighted by Crippen LogP contribution is -2.52. The van der Waals surface area contributed by atoms with E-state index in [4.69, 9.17) is 0 Å². The highest BCUT2D eigenvalue weighted by Gasteiger charge is 2.37. The van der Waals surface area contributed by atoms with Crippen LogP contribution in [0.2, 0.25) is 0 Å². The Kier molecular flexibility index (Phi) is 3.54. The minimum absolute atomic E-state index is 0.203. The summed E-state index contributed by atoms with van der Waals surface area (Å²) >= 11 is 1.70. The second-order valence-corrected chi connectivity index (χ2v) is 5.87. The molecule has 1 fully saturated rings. The van der Waals surface area contributed by atoms with Crippen molar-refractivity contribution in [1.29, 1.82) is 0 Å². The Hall–Kier alpha value is -0.870. The fraction of sp³-hybridized carbons (Fsp3) is 0.615. The molecule has 0 spiro atoms. The lowest BCUT2D eigenvalue weighted by atomic mass is 10.0. The van der Waals surface area contributed by atoms with Gasteiger partial charge >= 0.3 is 0 Å². The molecule has 2 rings (SSSR count).